The predicted molar refractivity (Wildman–Crippen MR) is 53.3 cm³/mol. The second kappa shape index (κ2) is 3.87. The average molecular weight is 198 g/mol. The number of carboxylic acids is 1. The van der Waals surface area contributed by atoms with Crippen molar-refractivity contribution in [2.45, 2.75) is 31.3 Å². The summed E-state index contributed by atoms with van der Waals surface area (Å²) in [5, 5.41) is 8.78. The van der Waals surface area contributed by atoms with Crippen LogP contribution in [0.15, 0.2) is 0 Å². The minimum absolute atomic E-state index is 0.297. The van der Waals surface area contributed by atoms with E-state index in [9.17, 15) is 4.79 Å². The first-order valence-corrected chi connectivity index (χ1v) is 5.33. The molecule has 2 aliphatic rings. The van der Waals surface area contributed by atoms with Crippen LogP contribution in [0, 0.1) is 0 Å². The monoisotopic (exact) mass is 198 g/mol. The van der Waals surface area contributed by atoms with E-state index in [-0.39, 0.29) is 0 Å². The summed E-state index contributed by atoms with van der Waals surface area (Å²) in [6.45, 7) is 3.31. The Balaban J connectivity index is 1.87. The highest BCUT2D eigenvalue weighted by atomic mass is 16.4. The van der Waals surface area contributed by atoms with Crippen LogP contribution in [0.4, 0.5) is 0 Å². The Labute approximate surface area is 84.5 Å². The van der Waals surface area contributed by atoms with Gasteiger partial charge in [0.25, 0.3) is 0 Å². The van der Waals surface area contributed by atoms with E-state index in [1.165, 1.54) is 0 Å². The first-order valence-electron chi connectivity index (χ1n) is 5.33. The number of carbonyl (C=O) groups is 1. The molecule has 0 amide bonds. The van der Waals surface area contributed by atoms with E-state index in [0.29, 0.717) is 18.5 Å². The van der Waals surface area contributed by atoms with Crippen LogP contribution in [0.2, 0.25) is 0 Å². The number of likely N-dealkylation sites (tertiary alicyclic amines) is 2. The summed E-state index contributed by atoms with van der Waals surface area (Å²) >= 11 is 0. The van der Waals surface area contributed by atoms with E-state index >= 15 is 0 Å². The second-order valence-electron chi connectivity index (χ2n) is 4.51. The van der Waals surface area contributed by atoms with Crippen LogP contribution in [0.25, 0.3) is 0 Å². The number of hydrogen-bond acceptors (Lipinski definition) is 3. The number of likely N-dealkylation sites (N-methyl/N-ethyl adjacent to an activating group) is 1. The Morgan fingerprint density at radius 1 is 1.50 bits per heavy atom. The van der Waals surface area contributed by atoms with Gasteiger partial charge in [0.05, 0.1) is 6.42 Å². The molecule has 1 unspecified atom stereocenters. The Kier molecular flexibility index (Phi) is 2.74. The van der Waals surface area contributed by atoms with Crippen molar-refractivity contribution in [3.05, 3.63) is 0 Å². The molecule has 14 heavy (non-hydrogen) atoms. The summed E-state index contributed by atoms with van der Waals surface area (Å²) in [4.78, 5) is 15.3. The molecule has 0 aromatic rings. The van der Waals surface area contributed by atoms with Crippen LogP contribution in [0.5, 0.6) is 0 Å². The smallest absolute Gasteiger partial charge is 0.304 e. The molecular weight excluding hydrogens is 180 g/mol. The Morgan fingerprint density at radius 2 is 2.21 bits per heavy atom. The van der Waals surface area contributed by atoms with Gasteiger partial charge in [-0.25, -0.2) is 0 Å². The molecule has 2 saturated heterocycles. The van der Waals surface area contributed by atoms with Gasteiger partial charge in [-0.3, -0.25) is 9.69 Å². The first-order chi connectivity index (χ1) is 6.66. The Hall–Kier alpha value is -0.610. The van der Waals surface area contributed by atoms with Crippen molar-refractivity contribution in [3.8, 4) is 0 Å². The fourth-order valence-electron chi connectivity index (χ4n) is 2.64. The van der Waals surface area contributed by atoms with Crippen LogP contribution in [-0.2, 0) is 4.79 Å². The third kappa shape index (κ3) is 1.91. The number of aliphatic carboxylic acids is 1. The standard InChI is InChI=1S/C10H18N2O2/c1-11-6-9(7-11)12-4-2-3-8(12)5-10(13)14/h8-9H,2-7H2,1H3,(H,13,14). The lowest BCUT2D eigenvalue weighted by Gasteiger charge is -2.44. The molecule has 0 aliphatic carbocycles. The van der Waals surface area contributed by atoms with E-state index in [1.54, 1.807) is 0 Å². The highest BCUT2D eigenvalue weighted by Gasteiger charge is 2.36. The van der Waals surface area contributed by atoms with E-state index in [0.717, 1.165) is 32.5 Å². The Morgan fingerprint density at radius 3 is 2.79 bits per heavy atom. The van der Waals surface area contributed by atoms with Gasteiger partial charge in [-0.15, -0.1) is 0 Å². The molecule has 4 nitrogen and oxygen atoms in total. The van der Waals surface area contributed by atoms with E-state index in [2.05, 4.69) is 16.8 Å². The van der Waals surface area contributed by atoms with Gasteiger partial charge in [0, 0.05) is 25.2 Å². The molecule has 2 heterocycles. The van der Waals surface area contributed by atoms with Crippen LogP contribution in [-0.4, -0.2) is 59.6 Å². The normalized spacial score (nSPS) is 30.5. The maximum Gasteiger partial charge on any atom is 0.304 e. The maximum atomic E-state index is 10.7. The number of nitrogens with zero attached hydrogens (tertiary/aromatic N) is 2. The summed E-state index contributed by atoms with van der Waals surface area (Å²) in [5.74, 6) is -0.658. The van der Waals surface area contributed by atoms with E-state index < -0.39 is 5.97 Å². The third-order valence-electron chi connectivity index (χ3n) is 3.35. The molecular formula is C10H18N2O2. The van der Waals surface area contributed by atoms with E-state index in [1.807, 2.05) is 0 Å². The van der Waals surface area contributed by atoms with Crippen molar-refractivity contribution in [2.75, 3.05) is 26.7 Å². The molecule has 0 spiro atoms. The van der Waals surface area contributed by atoms with Gasteiger partial charge in [-0.1, -0.05) is 0 Å². The number of carboxylic acid groups (broad SMARTS) is 1. The molecule has 4 heteroatoms. The van der Waals surface area contributed by atoms with Gasteiger partial charge >= 0.3 is 5.97 Å². The lowest BCUT2D eigenvalue weighted by Crippen LogP contribution is -2.59. The lowest BCUT2D eigenvalue weighted by atomic mass is 10.1. The molecule has 1 atom stereocenters. The molecule has 0 aromatic carbocycles. The van der Waals surface area contributed by atoms with E-state index in [4.69, 9.17) is 5.11 Å². The second-order valence-corrected chi connectivity index (χ2v) is 4.51. The summed E-state index contributed by atoms with van der Waals surface area (Å²) in [7, 11) is 2.11. The highest BCUT2D eigenvalue weighted by molar-refractivity contribution is 5.67. The largest absolute Gasteiger partial charge is 0.481 e. The van der Waals surface area contributed by atoms with Crippen LogP contribution >= 0.6 is 0 Å². The van der Waals surface area contributed by atoms with Gasteiger partial charge in [-0.2, -0.15) is 0 Å². The predicted octanol–water partition coefficient (Wildman–Crippen LogP) is 0.239. The van der Waals surface area contributed by atoms with Crippen molar-refractivity contribution in [2.24, 2.45) is 0 Å². The van der Waals surface area contributed by atoms with Gasteiger partial charge < -0.3 is 10.0 Å². The Bertz CT molecular complexity index is 226. The first kappa shape index (κ1) is 9.93. The van der Waals surface area contributed by atoms with Gasteiger partial charge in [-0.05, 0) is 26.4 Å². The topological polar surface area (TPSA) is 43.8 Å². The molecule has 0 aromatic heterocycles. The molecule has 80 valence electrons. The number of rotatable bonds is 3. The molecule has 1 N–H and O–H groups in total. The SMILES string of the molecule is CN1CC(N2CCCC2CC(=O)O)C1. The van der Waals surface area contributed by atoms with Crippen molar-refractivity contribution < 1.29 is 9.90 Å². The maximum absolute atomic E-state index is 10.7. The van der Waals surface area contributed by atoms with Gasteiger partial charge in [0.1, 0.15) is 0 Å². The highest BCUT2D eigenvalue weighted by Crippen LogP contribution is 2.26. The van der Waals surface area contributed by atoms with Crippen LogP contribution in [0.3, 0.4) is 0 Å². The fraction of sp³-hybridized carbons (Fsp3) is 0.900. The molecule has 0 saturated carbocycles. The summed E-state index contributed by atoms with van der Waals surface area (Å²) in [6.07, 6.45) is 2.55. The molecule has 2 aliphatic heterocycles. The van der Waals surface area contributed by atoms with Crippen LogP contribution < -0.4 is 0 Å². The molecule has 2 fully saturated rings. The van der Waals surface area contributed by atoms with Crippen molar-refractivity contribution in [1.82, 2.24) is 9.80 Å². The zero-order valence-corrected chi connectivity index (χ0v) is 8.65. The molecule has 2 rings (SSSR count). The van der Waals surface area contributed by atoms with Crippen molar-refractivity contribution >= 4 is 5.97 Å². The van der Waals surface area contributed by atoms with Gasteiger partial charge in [0.15, 0.2) is 0 Å². The minimum Gasteiger partial charge on any atom is -0.481 e. The quantitative estimate of drug-likeness (QED) is 0.705. The number of hydrogen-bond donors (Lipinski definition) is 1. The summed E-state index contributed by atoms with van der Waals surface area (Å²) < 4.78 is 0. The average Bonchev–Trinajstić information content (AvgIpc) is 2.45. The molecule has 0 bridgehead atoms. The zero-order chi connectivity index (χ0) is 10.1. The summed E-state index contributed by atoms with van der Waals surface area (Å²) in [6, 6.07) is 0.915. The third-order valence-corrected chi connectivity index (χ3v) is 3.35. The molecule has 0 radical (unpaired) electrons. The minimum atomic E-state index is -0.658. The fourth-order valence-corrected chi connectivity index (χ4v) is 2.64. The zero-order valence-electron chi connectivity index (χ0n) is 8.65. The van der Waals surface area contributed by atoms with Crippen molar-refractivity contribution in [3.63, 3.8) is 0 Å². The lowest BCUT2D eigenvalue weighted by molar-refractivity contribution is -0.138. The summed E-state index contributed by atoms with van der Waals surface area (Å²) in [5.41, 5.74) is 0. The van der Waals surface area contributed by atoms with Crippen LogP contribution in [0.1, 0.15) is 19.3 Å². The van der Waals surface area contributed by atoms with Crippen molar-refractivity contribution in [1.29, 1.82) is 0 Å². The van der Waals surface area contributed by atoms with Gasteiger partial charge in [0.2, 0.25) is 0 Å².